The van der Waals surface area contributed by atoms with Crippen molar-refractivity contribution in [1.82, 2.24) is 19.8 Å². The van der Waals surface area contributed by atoms with Crippen molar-refractivity contribution < 1.29 is 22.8 Å². The van der Waals surface area contributed by atoms with Gasteiger partial charge >= 0.3 is 6.18 Å². The molecule has 1 aromatic rings. The van der Waals surface area contributed by atoms with Gasteiger partial charge in [-0.3, -0.25) is 9.59 Å². The highest BCUT2D eigenvalue weighted by Gasteiger charge is 2.47. The minimum atomic E-state index is -4.45. The Hall–Kier alpha value is -2.06. The fourth-order valence-corrected chi connectivity index (χ4v) is 3.56. The second-order valence-electron chi connectivity index (χ2n) is 6.67. The summed E-state index contributed by atoms with van der Waals surface area (Å²) >= 11 is 0. The van der Waals surface area contributed by atoms with Crippen molar-refractivity contribution in [2.45, 2.75) is 63.8 Å². The molecule has 3 rings (SSSR count). The van der Waals surface area contributed by atoms with Gasteiger partial charge in [0.05, 0.1) is 0 Å². The molecule has 3 heterocycles. The highest BCUT2D eigenvalue weighted by atomic mass is 19.4. The standard InChI is InChI=1S/C16H21F3N4O2/c1-10(24)23-8-11(5-6-13(23)16(17,18)19)20-15(25)12-9-22-7-3-2-4-14(22)21-12/h9,11,13H,2-8H2,1H3,(H,20,25)/t11-,13-/m0/s1. The van der Waals surface area contributed by atoms with Gasteiger partial charge in [-0.25, -0.2) is 4.98 Å². The van der Waals surface area contributed by atoms with Crippen LogP contribution in [0.2, 0.25) is 0 Å². The van der Waals surface area contributed by atoms with Crippen LogP contribution >= 0.6 is 0 Å². The zero-order valence-electron chi connectivity index (χ0n) is 14.0. The number of nitrogens with zero attached hydrogens (tertiary/aromatic N) is 3. The number of carbonyl (C=O) groups is 2. The maximum Gasteiger partial charge on any atom is 0.408 e. The predicted molar refractivity (Wildman–Crippen MR) is 82.9 cm³/mol. The van der Waals surface area contributed by atoms with Crippen molar-refractivity contribution >= 4 is 11.8 Å². The van der Waals surface area contributed by atoms with E-state index in [1.54, 1.807) is 6.20 Å². The molecule has 0 unspecified atom stereocenters. The quantitative estimate of drug-likeness (QED) is 0.878. The summed E-state index contributed by atoms with van der Waals surface area (Å²) < 4.78 is 41.1. The highest BCUT2D eigenvalue weighted by Crippen LogP contribution is 2.32. The van der Waals surface area contributed by atoms with Crippen molar-refractivity contribution in [1.29, 1.82) is 0 Å². The summed E-state index contributed by atoms with van der Waals surface area (Å²) in [6, 6.07) is -2.29. The third kappa shape index (κ3) is 3.80. The van der Waals surface area contributed by atoms with Gasteiger partial charge in [0.1, 0.15) is 17.6 Å². The molecule has 25 heavy (non-hydrogen) atoms. The van der Waals surface area contributed by atoms with Crippen molar-refractivity contribution in [3.05, 3.63) is 17.7 Å². The van der Waals surface area contributed by atoms with Crippen LogP contribution in [0.15, 0.2) is 6.20 Å². The first kappa shape index (κ1) is 17.8. The van der Waals surface area contributed by atoms with Crippen molar-refractivity contribution in [3.63, 3.8) is 0 Å². The Labute approximate surface area is 143 Å². The summed E-state index contributed by atoms with van der Waals surface area (Å²) in [5, 5.41) is 2.73. The number of fused-ring (bicyclic) bond motifs is 1. The fourth-order valence-electron chi connectivity index (χ4n) is 3.56. The molecule has 0 bridgehead atoms. The Balaban J connectivity index is 1.66. The molecule has 0 spiro atoms. The van der Waals surface area contributed by atoms with Gasteiger partial charge in [0.15, 0.2) is 0 Å². The minimum Gasteiger partial charge on any atom is -0.346 e. The van der Waals surface area contributed by atoms with E-state index in [1.807, 2.05) is 4.57 Å². The molecule has 0 aromatic carbocycles. The lowest BCUT2D eigenvalue weighted by Gasteiger charge is -2.40. The Morgan fingerprint density at radius 2 is 2.04 bits per heavy atom. The van der Waals surface area contributed by atoms with Gasteiger partial charge in [-0.1, -0.05) is 0 Å². The Morgan fingerprint density at radius 3 is 2.68 bits per heavy atom. The minimum absolute atomic E-state index is 0.140. The molecule has 1 fully saturated rings. The van der Waals surface area contributed by atoms with E-state index in [2.05, 4.69) is 10.3 Å². The molecular weight excluding hydrogens is 337 g/mol. The number of nitrogens with one attached hydrogen (secondary N) is 1. The third-order valence-corrected chi connectivity index (χ3v) is 4.84. The highest BCUT2D eigenvalue weighted by molar-refractivity contribution is 5.92. The number of imidazole rings is 1. The van der Waals surface area contributed by atoms with Gasteiger partial charge in [0.2, 0.25) is 5.91 Å². The number of hydrogen-bond acceptors (Lipinski definition) is 3. The smallest absolute Gasteiger partial charge is 0.346 e. The molecule has 2 aliphatic heterocycles. The Morgan fingerprint density at radius 1 is 1.28 bits per heavy atom. The van der Waals surface area contributed by atoms with E-state index in [-0.39, 0.29) is 25.1 Å². The zero-order chi connectivity index (χ0) is 18.2. The molecule has 0 radical (unpaired) electrons. The van der Waals surface area contributed by atoms with Gasteiger partial charge in [-0.15, -0.1) is 0 Å². The lowest BCUT2D eigenvalue weighted by atomic mass is 9.97. The van der Waals surface area contributed by atoms with E-state index in [0.29, 0.717) is 0 Å². The van der Waals surface area contributed by atoms with Crippen molar-refractivity contribution in [2.75, 3.05) is 6.54 Å². The number of hydrogen-bond donors (Lipinski definition) is 1. The van der Waals surface area contributed by atoms with Gasteiger partial charge in [0, 0.05) is 38.7 Å². The topological polar surface area (TPSA) is 67.2 Å². The summed E-state index contributed by atoms with van der Waals surface area (Å²) in [5.41, 5.74) is 0.282. The number of carbonyl (C=O) groups excluding carboxylic acids is 2. The molecule has 138 valence electrons. The van der Waals surface area contributed by atoms with Crippen molar-refractivity contribution in [2.24, 2.45) is 0 Å². The largest absolute Gasteiger partial charge is 0.408 e. The van der Waals surface area contributed by atoms with Crippen LogP contribution in [0.4, 0.5) is 13.2 Å². The molecule has 2 amide bonds. The molecule has 0 aliphatic carbocycles. The molecule has 1 N–H and O–H groups in total. The van der Waals surface area contributed by atoms with E-state index >= 15 is 0 Å². The molecule has 6 nitrogen and oxygen atoms in total. The Bertz CT molecular complexity index is 647. The maximum absolute atomic E-state index is 13.0. The fraction of sp³-hybridized carbons (Fsp3) is 0.688. The third-order valence-electron chi connectivity index (χ3n) is 4.84. The van der Waals surface area contributed by atoms with E-state index < -0.39 is 30.1 Å². The predicted octanol–water partition coefficient (Wildman–Crippen LogP) is 1.89. The van der Waals surface area contributed by atoms with Crippen LogP contribution in [0.1, 0.15) is 48.9 Å². The van der Waals surface area contributed by atoms with Crippen LogP contribution in [0.3, 0.4) is 0 Å². The number of aromatic nitrogens is 2. The molecular formula is C16H21F3N4O2. The molecule has 2 atom stereocenters. The molecule has 0 saturated carbocycles. The average Bonchev–Trinajstić information content (AvgIpc) is 2.98. The van der Waals surface area contributed by atoms with Crippen LogP contribution in [0.25, 0.3) is 0 Å². The number of rotatable bonds is 2. The summed E-state index contributed by atoms with van der Waals surface area (Å²) in [6.45, 7) is 1.80. The normalized spacial score (nSPS) is 23.9. The summed E-state index contributed by atoms with van der Waals surface area (Å²) in [4.78, 5) is 29.1. The van der Waals surface area contributed by atoms with Crippen LogP contribution < -0.4 is 5.32 Å². The maximum atomic E-state index is 13.0. The van der Waals surface area contributed by atoms with E-state index in [1.165, 1.54) is 0 Å². The summed E-state index contributed by atoms with van der Waals surface area (Å²) in [5.74, 6) is -0.179. The summed E-state index contributed by atoms with van der Waals surface area (Å²) in [7, 11) is 0. The van der Waals surface area contributed by atoms with Gasteiger partial charge in [0.25, 0.3) is 5.91 Å². The first-order valence-electron chi connectivity index (χ1n) is 8.46. The molecule has 1 aromatic heterocycles. The van der Waals surface area contributed by atoms with Crippen molar-refractivity contribution in [3.8, 4) is 0 Å². The van der Waals surface area contributed by atoms with E-state index in [9.17, 15) is 22.8 Å². The lowest BCUT2D eigenvalue weighted by Crippen LogP contribution is -2.57. The average molecular weight is 358 g/mol. The SMILES string of the molecule is CC(=O)N1C[C@@H](NC(=O)c2cn3c(n2)CCCC3)CC[C@H]1C(F)(F)F. The van der Waals surface area contributed by atoms with Crippen LogP contribution in [-0.4, -0.2) is 51.1 Å². The van der Waals surface area contributed by atoms with Crippen LogP contribution in [-0.2, 0) is 17.8 Å². The first-order chi connectivity index (χ1) is 11.8. The number of likely N-dealkylation sites (tertiary alicyclic amines) is 1. The summed E-state index contributed by atoms with van der Waals surface area (Å²) in [6.07, 6.45) is 0.0904. The monoisotopic (exact) mass is 358 g/mol. The van der Waals surface area contributed by atoms with Gasteiger partial charge in [-0.05, 0) is 25.7 Å². The first-order valence-corrected chi connectivity index (χ1v) is 8.46. The van der Waals surface area contributed by atoms with Gasteiger partial charge < -0.3 is 14.8 Å². The zero-order valence-corrected chi connectivity index (χ0v) is 14.0. The number of amides is 2. The second-order valence-corrected chi connectivity index (χ2v) is 6.67. The number of piperidine rings is 1. The molecule has 9 heteroatoms. The van der Waals surface area contributed by atoms with E-state index in [0.717, 1.165) is 43.5 Å². The molecule has 2 aliphatic rings. The lowest BCUT2D eigenvalue weighted by molar-refractivity contribution is -0.196. The van der Waals surface area contributed by atoms with E-state index in [4.69, 9.17) is 0 Å². The van der Waals surface area contributed by atoms with Crippen LogP contribution in [0, 0.1) is 0 Å². The number of alkyl halides is 3. The number of halogens is 3. The second kappa shape index (κ2) is 6.68. The molecule has 1 saturated heterocycles. The Kier molecular flexibility index (Phi) is 4.75. The van der Waals surface area contributed by atoms with Crippen LogP contribution in [0.5, 0.6) is 0 Å². The van der Waals surface area contributed by atoms with Gasteiger partial charge in [-0.2, -0.15) is 13.2 Å². The number of aryl methyl sites for hydroxylation is 2.